The molecule has 0 aliphatic carbocycles. The lowest BCUT2D eigenvalue weighted by atomic mass is 10.2. The number of aryl methyl sites for hydroxylation is 1. The van der Waals surface area contributed by atoms with Crippen LogP contribution in [0.1, 0.15) is 30.5 Å². The summed E-state index contributed by atoms with van der Waals surface area (Å²) in [6.45, 7) is 0. The van der Waals surface area contributed by atoms with Gasteiger partial charge in [0, 0.05) is 31.4 Å². The molecule has 0 fully saturated rings. The molecule has 0 radical (unpaired) electrons. The quantitative estimate of drug-likeness (QED) is 0.629. The molecule has 0 unspecified atom stereocenters. The zero-order chi connectivity index (χ0) is 19.4. The number of rotatable bonds is 5. The average Bonchev–Trinajstić information content (AvgIpc) is 3.32. The summed E-state index contributed by atoms with van der Waals surface area (Å²) in [5.74, 6) is -0.560. The van der Waals surface area contributed by atoms with E-state index < -0.39 is 5.91 Å². The van der Waals surface area contributed by atoms with E-state index in [9.17, 15) is 14.4 Å². The molecule has 0 atom stereocenters. The maximum absolute atomic E-state index is 12.4. The van der Waals surface area contributed by atoms with Gasteiger partial charge in [-0.15, -0.1) is 11.3 Å². The third-order valence-electron chi connectivity index (χ3n) is 3.71. The molecule has 3 N–H and O–H groups in total. The molecule has 0 aliphatic rings. The summed E-state index contributed by atoms with van der Waals surface area (Å²) in [6, 6.07) is 11.5. The maximum atomic E-state index is 12.4. The number of nitrogens with one attached hydrogen (secondary N) is 3. The van der Waals surface area contributed by atoms with E-state index in [1.165, 1.54) is 29.1 Å². The van der Waals surface area contributed by atoms with Gasteiger partial charge in [-0.05, 0) is 29.6 Å². The summed E-state index contributed by atoms with van der Waals surface area (Å²) < 4.78 is 1.42. The molecule has 0 bridgehead atoms. The molecule has 0 saturated heterocycles. The second kappa shape index (κ2) is 7.83. The number of aromatic nitrogens is 2. The van der Waals surface area contributed by atoms with Crippen LogP contribution < -0.4 is 16.0 Å². The normalized spacial score (nSPS) is 10.3. The Morgan fingerprint density at radius 3 is 2.52 bits per heavy atom. The van der Waals surface area contributed by atoms with Crippen LogP contribution in [-0.4, -0.2) is 34.5 Å². The highest BCUT2D eigenvalue weighted by atomic mass is 32.1. The Bertz CT molecular complexity index is 994. The van der Waals surface area contributed by atoms with Crippen molar-refractivity contribution in [3.05, 3.63) is 64.0 Å². The van der Waals surface area contributed by atoms with Crippen LogP contribution in [0.15, 0.2) is 47.8 Å². The van der Waals surface area contributed by atoms with Crippen molar-refractivity contribution in [2.24, 2.45) is 7.05 Å². The Labute approximate surface area is 159 Å². The monoisotopic (exact) mass is 383 g/mol. The van der Waals surface area contributed by atoms with Crippen LogP contribution in [0.5, 0.6) is 0 Å². The molecule has 8 nitrogen and oxygen atoms in total. The van der Waals surface area contributed by atoms with Gasteiger partial charge in [-0.25, -0.2) is 0 Å². The molecule has 3 aromatic rings. The third kappa shape index (κ3) is 4.21. The molecule has 0 aliphatic heterocycles. The van der Waals surface area contributed by atoms with Crippen molar-refractivity contribution in [2.45, 2.75) is 0 Å². The Hall–Kier alpha value is -3.46. The van der Waals surface area contributed by atoms with E-state index in [1.807, 2.05) is 5.38 Å². The highest BCUT2D eigenvalue weighted by molar-refractivity contribution is 7.12. The lowest BCUT2D eigenvalue weighted by molar-refractivity contribution is 0.0960. The van der Waals surface area contributed by atoms with Crippen LogP contribution in [0.25, 0.3) is 0 Å². The van der Waals surface area contributed by atoms with Crippen molar-refractivity contribution >= 4 is 40.6 Å². The summed E-state index contributed by atoms with van der Waals surface area (Å²) >= 11 is 1.32. The minimum absolute atomic E-state index is 0.143. The first-order valence-electron chi connectivity index (χ1n) is 8.00. The van der Waals surface area contributed by atoms with Gasteiger partial charge in [0.15, 0.2) is 5.69 Å². The maximum Gasteiger partial charge on any atom is 0.276 e. The van der Waals surface area contributed by atoms with Gasteiger partial charge in [-0.2, -0.15) is 5.10 Å². The first-order chi connectivity index (χ1) is 13.0. The molecular weight excluding hydrogens is 366 g/mol. The number of anilines is 2. The molecule has 2 aromatic heterocycles. The predicted octanol–water partition coefficient (Wildman–Crippen LogP) is 2.35. The highest BCUT2D eigenvalue weighted by Crippen LogP contribution is 2.16. The summed E-state index contributed by atoms with van der Waals surface area (Å²) in [7, 11) is 3.17. The van der Waals surface area contributed by atoms with Crippen molar-refractivity contribution in [3.8, 4) is 0 Å². The number of thiophene rings is 1. The van der Waals surface area contributed by atoms with Crippen molar-refractivity contribution in [2.75, 3.05) is 17.7 Å². The van der Waals surface area contributed by atoms with Crippen LogP contribution in [0.4, 0.5) is 11.5 Å². The molecule has 3 amide bonds. The lowest BCUT2D eigenvalue weighted by Gasteiger charge is -2.05. The molecular formula is C18H17N5O3S. The average molecular weight is 383 g/mol. The zero-order valence-corrected chi connectivity index (χ0v) is 15.5. The summed E-state index contributed by atoms with van der Waals surface area (Å²) in [6.07, 6.45) is 0. The summed E-state index contributed by atoms with van der Waals surface area (Å²) in [4.78, 5) is 36.8. The standard InChI is InChI=1S/C18H17N5O3S/c1-19-16(24)11-5-3-6-12(9-11)20-17(25)13-10-15(23(2)22-13)21-18(26)14-7-4-8-27-14/h3-10H,1-2H3,(H,19,24)(H,20,25)(H,21,26). The zero-order valence-electron chi connectivity index (χ0n) is 14.6. The van der Waals surface area contributed by atoms with Gasteiger partial charge in [-0.1, -0.05) is 12.1 Å². The van der Waals surface area contributed by atoms with Gasteiger partial charge < -0.3 is 16.0 Å². The fraction of sp³-hybridized carbons (Fsp3) is 0.111. The molecule has 0 saturated carbocycles. The van der Waals surface area contributed by atoms with E-state index in [4.69, 9.17) is 0 Å². The molecule has 3 rings (SSSR count). The van der Waals surface area contributed by atoms with E-state index in [0.29, 0.717) is 21.9 Å². The van der Waals surface area contributed by atoms with E-state index in [2.05, 4.69) is 21.0 Å². The third-order valence-corrected chi connectivity index (χ3v) is 4.58. The fourth-order valence-corrected chi connectivity index (χ4v) is 2.98. The number of hydrogen-bond acceptors (Lipinski definition) is 5. The van der Waals surface area contributed by atoms with Crippen LogP contribution in [0.3, 0.4) is 0 Å². The van der Waals surface area contributed by atoms with E-state index in [0.717, 1.165) is 0 Å². The Balaban J connectivity index is 1.72. The van der Waals surface area contributed by atoms with Crippen molar-refractivity contribution in [3.63, 3.8) is 0 Å². The number of hydrogen-bond donors (Lipinski definition) is 3. The second-order valence-corrected chi connectivity index (χ2v) is 6.53. The smallest absolute Gasteiger partial charge is 0.276 e. The van der Waals surface area contributed by atoms with Gasteiger partial charge in [-0.3, -0.25) is 19.1 Å². The molecule has 1 aromatic carbocycles. The molecule has 9 heteroatoms. The van der Waals surface area contributed by atoms with Crippen LogP contribution in [-0.2, 0) is 7.05 Å². The molecule has 2 heterocycles. The van der Waals surface area contributed by atoms with Crippen molar-refractivity contribution in [1.29, 1.82) is 0 Å². The summed E-state index contributed by atoms with van der Waals surface area (Å²) in [5.41, 5.74) is 1.04. The van der Waals surface area contributed by atoms with Gasteiger partial charge in [0.05, 0.1) is 4.88 Å². The second-order valence-electron chi connectivity index (χ2n) is 5.58. The van der Waals surface area contributed by atoms with Crippen molar-refractivity contribution < 1.29 is 14.4 Å². The largest absolute Gasteiger partial charge is 0.355 e. The Kier molecular flexibility index (Phi) is 5.32. The minimum Gasteiger partial charge on any atom is -0.355 e. The number of nitrogens with zero attached hydrogens (tertiary/aromatic N) is 2. The van der Waals surface area contributed by atoms with Gasteiger partial charge in [0.1, 0.15) is 5.82 Å². The van der Waals surface area contributed by atoms with Gasteiger partial charge >= 0.3 is 0 Å². The van der Waals surface area contributed by atoms with Crippen LogP contribution in [0.2, 0.25) is 0 Å². The molecule has 0 spiro atoms. The van der Waals surface area contributed by atoms with E-state index in [1.54, 1.807) is 43.4 Å². The topological polar surface area (TPSA) is 105 Å². The van der Waals surface area contributed by atoms with E-state index in [-0.39, 0.29) is 17.5 Å². The molecule has 27 heavy (non-hydrogen) atoms. The lowest BCUT2D eigenvalue weighted by Crippen LogP contribution is -2.18. The van der Waals surface area contributed by atoms with E-state index >= 15 is 0 Å². The minimum atomic E-state index is -0.448. The van der Waals surface area contributed by atoms with Gasteiger partial charge in [0.25, 0.3) is 17.7 Å². The van der Waals surface area contributed by atoms with Gasteiger partial charge in [0.2, 0.25) is 0 Å². The fourth-order valence-electron chi connectivity index (χ4n) is 2.36. The number of carbonyl (C=O) groups is 3. The Morgan fingerprint density at radius 1 is 1.00 bits per heavy atom. The first kappa shape index (κ1) is 18.3. The first-order valence-corrected chi connectivity index (χ1v) is 8.88. The SMILES string of the molecule is CNC(=O)c1cccc(NC(=O)c2cc(NC(=O)c3cccs3)n(C)n2)c1. The molecule has 138 valence electrons. The summed E-state index contributed by atoms with van der Waals surface area (Å²) in [5, 5.41) is 13.9. The highest BCUT2D eigenvalue weighted by Gasteiger charge is 2.16. The predicted molar refractivity (Wildman–Crippen MR) is 103 cm³/mol. The number of benzene rings is 1. The Morgan fingerprint density at radius 2 is 1.81 bits per heavy atom. The van der Waals surface area contributed by atoms with Crippen LogP contribution in [0, 0.1) is 0 Å². The van der Waals surface area contributed by atoms with Crippen LogP contribution >= 0.6 is 11.3 Å². The number of amides is 3. The number of carbonyl (C=O) groups excluding carboxylic acids is 3. The van der Waals surface area contributed by atoms with Crippen molar-refractivity contribution in [1.82, 2.24) is 15.1 Å².